The van der Waals surface area contributed by atoms with Crippen LogP contribution in [-0.2, 0) is 4.79 Å². The summed E-state index contributed by atoms with van der Waals surface area (Å²) in [5, 5.41) is 1.20. The van der Waals surface area contributed by atoms with E-state index < -0.39 is 0 Å². The van der Waals surface area contributed by atoms with E-state index in [1.54, 1.807) is 18.1 Å². The standard InChI is InChI=1S/C21H20BrClN2O3S/c1-4-25-20(26)19(11-13-6-9-17(28-5-2)18(10-13)27-3)29-21(25)24-14-7-8-15(22)16(23)12-14/h6-12H,4-5H2,1-3H3/b19-11-,24-21?. The lowest BCUT2D eigenvalue weighted by Gasteiger charge is -2.12. The fourth-order valence-corrected chi connectivity index (χ4v) is 4.22. The van der Waals surface area contributed by atoms with Crippen LogP contribution in [0.3, 0.4) is 0 Å². The Bertz CT molecular complexity index is 994. The number of nitrogens with zero attached hydrogens (tertiary/aromatic N) is 2. The number of carbonyl (C=O) groups excluding carboxylic acids is 1. The van der Waals surface area contributed by atoms with Crippen molar-refractivity contribution in [2.24, 2.45) is 4.99 Å². The first kappa shape index (κ1) is 21.7. The second kappa shape index (κ2) is 9.69. The summed E-state index contributed by atoms with van der Waals surface area (Å²) in [4.78, 5) is 19.7. The van der Waals surface area contributed by atoms with Gasteiger partial charge in [-0.3, -0.25) is 9.69 Å². The topological polar surface area (TPSA) is 51.1 Å². The number of thioether (sulfide) groups is 1. The first-order chi connectivity index (χ1) is 14.0. The summed E-state index contributed by atoms with van der Waals surface area (Å²) in [5.74, 6) is 1.22. The molecular weight excluding hydrogens is 476 g/mol. The van der Waals surface area contributed by atoms with Crippen LogP contribution in [0.25, 0.3) is 6.08 Å². The number of methoxy groups -OCH3 is 1. The molecule has 1 heterocycles. The van der Waals surface area contributed by atoms with Gasteiger partial charge < -0.3 is 9.47 Å². The van der Waals surface area contributed by atoms with Crippen molar-refractivity contribution in [2.75, 3.05) is 20.3 Å². The van der Waals surface area contributed by atoms with Crippen molar-refractivity contribution in [1.82, 2.24) is 4.90 Å². The van der Waals surface area contributed by atoms with E-state index in [0.717, 1.165) is 10.0 Å². The minimum Gasteiger partial charge on any atom is -0.493 e. The monoisotopic (exact) mass is 494 g/mol. The van der Waals surface area contributed by atoms with Crippen molar-refractivity contribution in [1.29, 1.82) is 0 Å². The van der Waals surface area contributed by atoms with Gasteiger partial charge in [0.2, 0.25) is 0 Å². The molecular formula is C21H20BrClN2O3S. The van der Waals surface area contributed by atoms with Gasteiger partial charge in [-0.25, -0.2) is 4.99 Å². The molecule has 5 nitrogen and oxygen atoms in total. The Balaban J connectivity index is 1.92. The van der Waals surface area contributed by atoms with Gasteiger partial charge in [-0.1, -0.05) is 17.7 Å². The van der Waals surface area contributed by atoms with Crippen molar-refractivity contribution in [3.8, 4) is 11.5 Å². The molecule has 0 bridgehead atoms. The van der Waals surface area contributed by atoms with Crippen LogP contribution >= 0.6 is 39.3 Å². The van der Waals surface area contributed by atoms with E-state index >= 15 is 0 Å². The molecule has 0 atom stereocenters. The van der Waals surface area contributed by atoms with Crippen LogP contribution in [-0.4, -0.2) is 36.2 Å². The predicted molar refractivity (Wildman–Crippen MR) is 123 cm³/mol. The molecule has 3 rings (SSSR count). The fourth-order valence-electron chi connectivity index (χ4n) is 2.74. The summed E-state index contributed by atoms with van der Waals surface area (Å²) >= 11 is 10.9. The van der Waals surface area contributed by atoms with Crippen molar-refractivity contribution >= 4 is 62.1 Å². The maximum absolute atomic E-state index is 12.9. The molecule has 2 aromatic carbocycles. The number of benzene rings is 2. The largest absolute Gasteiger partial charge is 0.493 e. The third-order valence-electron chi connectivity index (χ3n) is 4.12. The number of halogens is 2. The molecule has 0 radical (unpaired) electrons. The second-order valence-electron chi connectivity index (χ2n) is 6.00. The highest BCUT2D eigenvalue weighted by Crippen LogP contribution is 2.36. The molecule has 0 saturated carbocycles. The maximum Gasteiger partial charge on any atom is 0.266 e. The highest BCUT2D eigenvalue weighted by Gasteiger charge is 2.32. The van der Waals surface area contributed by atoms with Crippen molar-refractivity contribution in [3.05, 3.63) is 56.4 Å². The summed E-state index contributed by atoms with van der Waals surface area (Å²) in [6.07, 6.45) is 1.84. The fraction of sp³-hybridized carbons (Fsp3) is 0.238. The molecule has 1 saturated heterocycles. The van der Waals surface area contributed by atoms with Gasteiger partial charge in [0.05, 0.1) is 29.3 Å². The van der Waals surface area contributed by atoms with E-state index in [-0.39, 0.29) is 5.91 Å². The SMILES string of the molecule is CCOc1ccc(/C=C2\SC(=Nc3ccc(Br)c(Cl)c3)N(CC)C2=O)cc1OC. The summed E-state index contributed by atoms with van der Waals surface area (Å²) in [7, 11) is 1.59. The minimum atomic E-state index is -0.0766. The highest BCUT2D eigenvalue weighted by atomic mass is 79.9. The first-order valence-electron chi connectivity index (χ1n) is 9.02. The number of hydrogen-bond donors (Lipinski definition) is 0. The smallest absolute Gasteiger partial charge is 0.266 e. The molecule has 1 aliphatic heterocycles. The average molecular weight is 496 g/mol. The molecule has 152 valence electrons. The first-order valence-corrected chi connectivity index (χ1v) is 11.0. The number of ether oxygens (including phenoxy) is 2. The average Bonchev–Trinajstić information content (AvgIpc) is 3.00. The second-order valence-corrected chi connectivity index (χ2v) is 8.27. The third kappa shape index (κ3) is 4.97. The zero-order valence-electron chi connectivity index (χ0n) is 16.2. The van der Waals surface area contributed by atoms with Crippen LogP contribution < -0.4 is 9.47 Å². The van der Waals surface area contributed by atoms with E-state index in [4.69, 9.17) is 21.1 Å². The molecule has 2 aromatic rings. The highest BCUT2D eigenvalue weighted by molar-refractivity contribution is 9.10. The van der Waals surface area contributed by atoms with Crippen LogP contribution in [0.2, 0.25) is 5.02 Å². The Kier molecular flexibility index (Phi) is 7.27. The molecule has 29 heavy (non-hydrogen) atoms. The predicted octanol–water partition coefficient (Wildman–Crippen LogP) is 6.13. The van der Waals surface area contributed by atoms with Gasteiger partial charge in [-0.2, -0.15) is 0 Å². The van der Waals surface area contributed by atoms with Crippen LogP contribution in [0.1, 0.15) is 19.4 Å². The Morgan fingerprint density at radius 1 is 1.21 bits per heavy atom. The van der Waals surface area contributed by atoms with Crippen LogP contribution in [0.5, 0.6) is 11.5 Å². The van der Waals surface area contributed by atoms with Gasteiger partial charge in [0, 0.05) is 11.0 Å². The number of aliphatic imine (C=N–C) groups is 1. The molecule has 1 aliphatic rings. The summed E-state index contributed by atoms with van der Waals surface area (Å²) in [6, 6.07) is 11.0. The van der Waals surface area contributed by atoms with Gasteiger partial charge in [0.15, 0.2) is 16.7 Å². The molecule has 0 spiro atoms. The lowest BCUT2D eigenvalue weighted by atomic mass is 10.2. The molecule has 0 aromatic heterocycles. The van der Waals surface area contributed by atoms with Gasteiger partial charge in [0.1, 0.15) is 0 Å². The van der Waals surface area contributed by atoms with Crippen molar-refractivity contribution in [2.45, 2.75) is 13.8 Å². The van der Waals surface area contributed by atoms with E-state index in [9.17, 15) is 4.79 Å². The minimum absolute atomic E-state index is 0.0766. The molecule has 0 N–H and O–H groups in total. The van der Waals surface area contributed by atoms with Gasteiger partial charge in [-0.15, -0.1) is 0 Å². The normalized spacial score (nSPS) is 16.7. The van der Waals surface area contributed by atoms with E-state index in [0.29, 0.717) is 45.4 Å². The number of carbonyl (C=O) groups is 1. The molecule has 1 amide bonds. The molecule has 0 aliphatic carbocycles. The number of amidine groups is 1. The summed E-state index contributed by atoms with van der Waals surface area (Å²) in [6.45, 7) is 4.92. The maximum atomic E-state index is 12.9. The summed E-state index contributed by atoms with van der Waals surface area (Å²) < 4.78 is 11.7. The number of likely N-dealkylation sites (N-methyl/N-ethyl adjacent to an activating group) is 1. The van der Waals surface area contributed by atoms with E-state index in [1.807, 2.05) is 50.3 Å². The lowest BCUT2D eigenvalue weighted by molar-refractivity contribution is -0.122. The number of hydrogen-bond acceptors (Lipinski definition) is 5. The van der Waals surface area contributed by atoms with Crippen molar-refractivity contribution < 1.29 is 14.3 Å². The number of rotatable bonds is 6. The van der Waals surface area contributed by atoms with Gasteiger partial charge in [-0.05, 0) is 83.5 Å². The van der Waals surface area contributed by atoms with Crippen LogP contribution in [0.15, 0.2) is 50.8 Å². The Labute approximate surface area is 187 Å². The Morgan fingerprint density at radius 3 is 2.66 bits per heavy atom. The number of amides is 1. The van der Waals surface area contributed by atoms with Crippen LogP contribution in [0, 0.1) is 0 Å². The van der Waals surface area contributed by atoms with Crippen LogP contribution in [0.4, 0.5) is 5.69 Å². The summed E-state index contributed by atoms with van der Waals surface area (Å²) in [5.41, 5.74) is 1.54. The Hall–Kier alpha value is -1.96. The Morgan fingerprint density at radius 2 is 2.00 bits per heavy atom. The quantitative estimate of drug-likeness (QED) is 0.452. The zero-order valence-corrected chi connectivity index (χ0v) is 19.4. The molecule has 1 fully saturated rings. The van der Waals surface area contributed by atoms with Gasteiger partial charge in [0.25, 0.3) is 5.91 Å². The molecule has 8 heteroatoms. The van der Waals surface area contributed by atoms with Gasteiger partial charge >= 0.3 is 0 Å². The van der Waals surface area contributed by atoms with Crippen molar-refractivity contribution in [3.63, 3.8) is 0 Å². The molecule has 0 unspecified atom stereocenters. The van der Waals surface area contributed by atoms with E-state index in [2.05, 4.69) is 20.9 Å². The zero-order chi connectivity index (χ0) is 21.0. The lowest BCUT2D eigenvalue weighted by Crippen LogP contribution is -2.28. The third-order valence-corrected chi connectivity index (χ3v) is 6.36. The van der Waals surface area contributed by atoms with E-state index in [1.165, 1.54) is 11.8 Å².